The molecule has 0 amide bonds. The molecular formula is C18H24ClN5S. The second-order valence-electron chi connectivity index (χ2n) is 7.60. The van der Waals surface area contributed by atoms with Gasteiger partial charge in [-0.05, 0) is 50.5 Å². The van der Waals surface area contributed by atoms with Crippen molar-refractivity contribution in [1.29, 1.82) is 0 Å². The Bertz CT molecular complexity index is 748. The Hall–Kier alpha value is -1.40. The number of hydrogen-bond acceptors (Lipinski definition) is 6. The monoisotopic (exact) mass is 377 g/mol. The van der Waals surface area contributed by atoms with Crippen LogP contribution in [-0.2, 0) is 0 Å². The molecule has 3 atom stereocenters. The summed E-state index contributed by atoms with van der Waals surface area (Å²) in [4.78, 5) is 6.67. The van der Waals surface area contributed by atoms with Crippen LogP contribution >= 0.6 is 22.9 Å². The smallest absolute Gasteiger partial charge is 0.208 e. The van der Waals surface area contributed by atoms with E-state index >= 15 is 0 Å². The van der Waals surface area contributed by atoms with E-state index in [2.05, 4.69) is 46.2 Å². The molecule has 1 saturated heterocycles. The van der Waals surface area contributed by atoms with Crippen LogP contribution < -0.4 is 10.2 Å². The van der Waals surface area contributed by atoms with E-state index in [0.717, 1.165) is 52.2 Å². The van der Waals surface area contributed by atoms with Gasteiger partial charge >= 0.3 is 0 Å². The Morgan fingerprint density at radius 1 is 1.24 bits per heavy atom. The number of aromatic nitrogens is 3. The van der Waals surface area contributed by atoms with Crippen LogP contribution in [0.5, 0.6) is 0 Å². The van der Waals surface area contributed by atoms with Gasteiger partial charge in [0.2, 0.25) is 5.13 Å². The first-order valence-corrected chi connectivity index (χ1v) is 10.2. The number of piperidine rings is 1. The lowest BCUT2D eigenvalue weighted by Gasteiger charge is -2.35. The first kappa shape index (κ1) is 17.0. The van der Waals surface area contributed by atoms with Gasteiger partial charge in [-0.15, -0.1) is 10.2 Å². The predicted molar refractivity (Wildman–Crippen MR) is 104 cm³/mol. The van der Waals surface area contributed by atoms with Gasteiger partial charge in [-0.25, -0.2) is 4.98 Å². The van der Waals surface area contributed by atoms with E-state index in [1.54, 1.807) is 17.5 Å². The van der Waals surface area contributed by atoms with Crippen LogP contribution in [0.4, 0.5) is 10.8 Å². The summed E-state index contributed by atoms with van der Waals surface area (Å²) >= 11 is 7.73. The van der Waals surface area contributed by atoms with Gasteiger partial charge in [-0.3, -0.25) is 0 Å². The minimum atomic E-state index is 0.309. The maximum atomic E-state index is 6.08. The maximum Gasteiger partial charge on any atom is 0.208 e. The summed E-state index contributed by atoms with van der Waals surface area (Å²) in [7, 11) is 0. The van der Waals surface area contributed by atoms with Crippen LogP contribution in [-0.4, -0.2) is 34.3 Å². The zero-order valence-corrected chi connectivity index (χ0v) is 16.4. The second-order valence-corrected chi connectivity index (χ2v) is 8.95. The minimum Gasteiger partial charge on any atom is -0.382 e. The Labute approximate surface area is 157 Å². The summed E-state index contributed by atoms with van der Waals surface area (Å²) < 4.78 is 0. The molecule has 2 aromatic heterocycles. The van der Waals surface area contributed by atoms with E-state index in [4.69, 9.17) is 11.6 Å². The fourth-order valence-electron chi connectivity index (χ4n) is 4.13. The Morgan fingerprint density at radius 3 is 2.64 bits per heavy atom. The van der Waals surface area contributed by atoms with Crippen LogP contribution in [0.15, 0.2) is 12.3 Å². The summed E-state index contributed by atoms with van der Waals surface area (Å²) in [5, 5.41) is 14.8. The highest BCUT2D eigenvalue weighted by molar-refractivity contribution is 7.18. The van der Waals surface area contributed by atoms with Gasteiger partial charge in [-0.2, -0.15) is 0 Å². The van der Waals surface area contributed by atoms with Crippen molar-refractivity contribution in [3.63, 3.8) is 0 Å². The first-order valence-electron chi connectivity index (χ1n) is 9.02. The van der Waals surface area contributed by atoms with Crippen LogP contribution in [0, 0.1) is 17.8 Å². The molecule has 2 fully saturated rings. The van der Waals surface area contributed by atoms with Crippen molar-refractivity contribution in [2.75, 3.05) is 23.3 Å². The molecule has 1 N–H and O–H groups in total. The van der Waals surface area contributed by atoms with Crippen LogP contribution in [0.25, 0.3) is 10.6 Å². The zero-order chi connectivity index (χ0) is 17.6. The van der Waals surface area contributed by atoms with E-state index < -0.39 is 0 Å². The third-order valence-electron chi connectivity index (χ3n) is 5.54. The lowest BCUT2D eigenvalue weighted by molar-refractivity contribution is 0.295. The average Bonchev–Trinajstić information content (AvgIpc) is 3.09. The van der Waals surface area contributed by atoms with E-state index in [1.807, 2.05) is 6.07 Å². The Morgan fingerprint density at radius 2 is 1.96 bits per heavy atom. The van der Waals surface area contributed by atoms with Crippen molar-refractivity contribution in [1.82, 2.24) is 15.2 Å². The molecule has 25 heavy (non-hydrogen) atoms. The van der Waals surface area contributed by atoms with Crippen molar-refractivity contribution in [3.05, 3.63) is 17.4 Å². The van der Waals surface area contributed by atoms with Crippen molar-refractivity contribution >= 4 is 33.8 Å². The lowest BCUT2D eigenvalue weighted by Crippen LogP contribution is -2.40. The van der Waals surface area contributed by atoms with Gasteiger partial charge in [0.1, 0.15) is 5.15 Å². The highest BCUT2D eigenvalue weighted by Crippen LogP contribution is 2.44. The zero-order valence-electron chi connectivity index (χ0n) is 14.9. The molecule has 1 aliphatic heterocycles. The maximum absolute atomic E-state index is 6.08. The van der Waals surface area contributed by atoms with Gasteiger partial charge in [0.05, 0.1) is 5.56 Å². The third kappa shape index (κ3) is 3.34. The molecule has 0 spiro atoms. The summed E-state index contributed by atoms with van der Waals surface area (Å²) in [6.45, 7) is 8.85. The van der Waals surface area contributed by atoms with Gasteiger partial charge < -0.3 is 10.2 Å². The number of pyridine rings is 1. The van der Waals surface area contributed by atoms with E-state index in [-0.39, 0.29) is 0 Å². The molecule has 5 nitrogen and oxygen atoms in total. The number of halogens is 1. The van der Waals surface area contributed by atoms with Gasteiger partial charge in [-0.1, -0.05) is 29.9 Å². The molecule has 1 aliphatic carbocycles. The van der Waals surface area contributed by atoms with Gasteiger partial charge in [0.25, 0.3) is 0 Å². The van der Waals surface area contributed by atoms with Gasteiger partial charge in [0.15, 0.2) is 5.01 Å². The van der Waals surface area contributed by atoms with Crippen molar-refractivity contribution in [3.8, 4) is 10.6 Å². The summed E-state index contributed by atoms with van der Waals surface area (Å²) in [5.74, 6) is 2.47. The van der Waals surface area contributed by atoms with Crippen LogP contribution in [0.2, 0.25) is 5.15 Å². The molecule has 2 aromatic rings. The fraction of sp³-hybridized carbons (Fsp3) is 0.611. The Balaban J connectivity index is 1.60. The summed E-state index contributed by atoms with van der Waals surface area (Å²) in [5.41, 5.74) is 1.93. The highest BCUT2D eigenvalue weighted by atomic mass is 35.5. The largest absolute Gasteiger partial charge is 0.382 e. The van der Waals surface area contributed by atoms with E-state index in [9.17, 15) is 0 Å². The predicted octanol–water partition coefficient (Wildman–Crippen LogP) is 4.56. The standard InChI is InChI=1S/C18H24ClN5S/c1-10(2)21-15-6-16(19)20-7-14(15)17-22-23-18(25-17)24-8-12-4-5-13(9-24)11(12)3/h6-7,10-13H,4-5,8-9H2,1-3H3,(H,20,21)/t11?,12-,13+. The Kier molecular flexibility index (Phi) is 4.58. The molecule has 2 aliphatic rings. The number of hydrogen-bond donors (Lipinski definition) is 1. The summed E-state index contributed by atoms with van der Waals surface area (Å²) in [6.07, 6.45) is 4.51. The number of anilines is 2. The molecule has 1 unspecified atom stereocenters. The van der Waals surface area contributed by atoms with E-state index in [0.29, 0.717) is 11.2 Å². The lowest BCUT2D eigenvalue weighted by atomic mass is 9.87. The van der Waals surface area contributed by atoms with Crippen LogP contribution in [0.1, 0.15) is 33.6 Å². The number of fused-ring (bicyclic) bond motifs is 2. The topological polar surface area (TPSA) is 53.9 Å². The molecule has 3 heterocycles. The number of nitrogens with one attached hydrogen (secondary N) is 1. The minimum absolute atomic E-state index is 0.309. The van der Waals surface area contributed by atoms with Crippen LogP contribution in [0.3, 0.4) is 0 Å². The fourth-order valence-corrected chi connectivity index (χ4v) is 5.18. The SMILES string of the molecule is CC(C)Nc1cc(Cl)ncc1-c1nnc(N2C[C@H]3CC[C@@H](C2)C3C)s1. The molecule has 1 saturated carbocycles. The molecular weight excluding hydrogens is 354 g/mol. The quantitative estimate of drug-likeness (QED) is 0.792. The van der Waals surface area contributed by atoms with Crippen molar-refractivity contribution < 1.29 is 0 Å². The van der Waals surface area contributed by atoms with Crippen molar-refractivity contribution in [2.24, 2.45) is 17.8 Å². The first-order chi connectivity index (χ1) is 12.0. The normalized spacial score (nSPS) is 25.6. The van der Waals surface area contributed by atoms with Crippen molar-refractivity contribution in [2.45, 2.75) is 39.7 Å². The van der Waals surface area contributed by atoms with E-state index in [1.165, 1.54) is 12.8 Å². The molecule has 134 valence electrons. The summed E-state index contributed by atoms with van der Waals surface area (Å²) in [6, 6.07) is 2.17. The molecule has 0 radical (unpaired) electrons. The molecule has 0 aromatic carbocycles. The third-order valence-corrected chi connectivity index (χ3v) is 6.76. The molecule has 7 heteroatoms. The molecule has 2 bridgehead atoms. The second kappa shape index (κ2) is 6.72. The van der Waals surface area contributed by atoms with Gasteiger partial charge in [0, 0.05) is 31.0 Å². The number of rotatable bonds is 4. The average molecular weight is 378 g/mol. The number of nitrogens with zero attached hydrogens (tertiary/aromatic N) is 4. The molecule has 4 rings (SSSR count). The highest BCUT2D eigenvalue weighted by Gasteiger charge is 2.40.